The quantitative estimate of drug-likeness (QED) is 0.845. The molecule has 2 rings (SSSR count). The molecule has 0 radical (unpaired) electrons. The van der Waals surface area contributed by atoms with Crippen LogP contribution in [-0.2, 0) is 6.54 Å². The molecule has 2 aromatic rings. The number of hydrogen-bond donors (Lipinski definition) is 2. The van der Waals surface area contributed by atoms with E-state index in [1.165, 1.54) is 6.07 Å². The average Bonchev–Trinajstić information content (AvgIpc) is 2.49. The Morgan fingerprint density at radius 1 is 1.29 bits per heavy atom. The Labute approximate surface area is 135 Å². The lowest BCUT2D eigenvalue weighted by atomic mass is 10.1. The minimum absolute atomic E-state index is 0.252. The van der Waals surface area contributed by atoms with Crippen LogP contribution in [0.3, 0.4) is 0 Å². The standard InChI is InChI=1S/C15H13BrClFN2O/c1-19-15(21)11-7-10(3-5-13(11)17)20-8-9-2-4-12(16)14(18)6-9/h2-7,20H,8H2,1H3,(H,19,21). The average molecular weight is 372 g/mol. The predicted octanol–water partition coefficient (Wildman–Crippen LogP) is 4.21. The summed E-state index contributed by atoms with van der Waals surface area (Å²) in [4.78, 5) is 11.7. The molecule has 0 unspecified atom stereocenters. The topological polar surface area (TPSA) is 41.1 Å². The Morgan fingerprint density at radius 2 is 2.05 bits per heavy atom. The Morgan fingerprint density at radius 3 is 2.71 bits per heavy atom. The number of carbonyl (C=O) groups is 1. The number of hydrogen-bond acceptors (Lipinski definition) is 2. The van der Waals surface area contributed by atoms with Crippen molar-refractivity contribution >= 4 is 39.1 Å². The highest BCUT2D eigenvalue weighted by molar-refractivity contribution is 9.10. The second-order valence-corrected chi connectivity index (χ2v) is 5.64. The fourth-order valence-corrected chi connectivity index (χ4v) is 2.25. The number of carbonyl (C=O) groups excluding carboxylic acids is 1. The van der Waals surface area contributed by atoms with Gasteiger partial charge in [0.25, 0.3) is 5.91 Å². The highest BCUT2D eigenvalue weighted by Gasteiger charge is 2.09. The van der Waals surface area contributed by atoms with Gasteiger partial charge in [-0.05, 0) is 51.8 Å². The van der Waals surface area contributed by atoms with Gasteiger partial charge in [-0.25, -0.2) is 4.39 Å². The van der Waals surface area contributed by atoms with E-state index >= 15 is 0 Å². The molecule has 0 fully saturated rings. The summed E-state index contributed by atoms with van der Waals surface area (Å²) in [5.74, 6) is -0.560. The van der Waals surface area contributed by atoms with Gasteiger partial charge in [0.05, 0.1) is 15.1 Å². The molecular formula is C15H13BrClFN2O. The molecule has 21 heavy (non-hydrogen) atoms. The molecule has 0 atom stereocenters. The molecule has 0 heterocycles. The van der Waals surface area contributed by atoms with Crippen LogP contribution in [0, 0.1) is 5.82 Å². The van der Waals surface area contributed by atoms with Gasteiger partial charge in [0.2, 0.25) is 0 Å². The molecule has 6 heteroatoms. The molecule has 0 aliphatic rings. The summed E-state index contributed by atoms with van der Waals surface area (Å²) in [6.07, 6.45) is 0. The maximum absolute atomic E-state index is 13.4. The van der Waals surface area contributed by atoms with Crippen LogP contribution in [-0.4, -0.2) is 13.0 Å². The zero-order valence-electron chi connectivity index (χ0n) is 11.2. The number of halogens is 3. The lowest BCUT2D eigenvalue weighted by molar-refractivity contribution is 0.0963. The Kier molecular flexibility index (Phi) is 5.20. The van der Waals surface area contributed by atoms with Crippen molar-refractivity contribution in [1.82, 2.24) is 5.32 Å². The molecule has 110 valence electrons. The van der Waals surface area contributed by atoms with Gasteiger partial charge in [-0.1, -0.05) is 17.7 Å². The van der Waals surface area contributed by atoms with Gasteiger partial charge in [-0.15, -0.1) is 0 Å². The summed E-state index contributed by atoms with van der Waals surface area (Å²) >= 11 is 9.09. The van der Waals surface area contributed by atoms with E-state index in [9.17, 15) is 9.18 Å². The van der Waals surface area contributed by atoms with Crippen molar-refractivity contribution in [2.45, 2.75) is 6.54 Å². The van der Waals surface area contributed by atoms with Crippen LogP contribution in [0.25, 0.3) is 0 Å². The summed E-state index contributed by atoms with van der Waals surface area (Å²) in [6.45, 7) is 0.443. The van der Waals surface area contributed by atoms with Crippen LogP contribution in [0.5, 0.6) is 0 Å². The first-order valence-electron chi connectivity index (χ1n) is 6.20. The van der Waals surface area contributed by atoms with E-state index in [1.54, 1.807) is 31.3 Å². The van der Waals surface area contributed by atoms with Gasteiger partial charge in [0, 0.05) is 19.3 Å². The van der Waals surface area contributed by atoms with E-state index in [2.05, 4.69) is 26.6 Å². The largest absolute Gasteiger partial charge is 0.381 e. The number of rotatable bonds is 4. The normalized spacial score (nSPS) is 10.3. The molecule has 2 aromatic carbocycles. The molecule has 0 aliphatic carbocycles. The van der Waals surface area contributed by atoms with Crippen molar-refractivity contribution in [2.75, 3.05) is 12.4 Å². The van der Waals surface area contributed by atoms with Gasteiger partial charge in [0.1, 0.15) is 5.82 Å². The monoisotopic (exact) mass is 370 g/mol. The van der Waals surface area contributed by atoms with E-state index in [4.69, 9.17) is 11.6 Å². The summed E-state index contributed by atoms with van der Waals surface area (Å²) in [7, 11) is 1.55. The smallest absolute Gasteiger partial charge is 0.252 e. The first kappa shape index (κ1) is 15.8. The molecule has 0 aliphatic heterocycles. The molecule has 2 N–H and O–H groups in total. The third-order valence-corrected chi connectivity index (χ3v) is 3.89. The SMILES string of the molecule is CNC(=O)c1cc(NCc2ccc(Br)c(F)c2)ccc1Cl. The molecule has 0 spiro atoms. The van der Waals surface area contributed by atoms with Crippen LogP contribution in [0.2, 0.25) is 5.02 Å². The van der Waals surface area contributed by atoms with Gasteiger partial charge in [-0.2, -0.15) is 0 Å². The molecule has 1 amide bonds. The highest BCUT2D eigenvalue weighted by Crippen LogP contribution is 2.22. The van der Waals surface area contributed by atoms with E-state index in [1.807, 2.05) is 6.07 Å². The molecular weight excluding hydrogens is 359 g/mol. The van der Waals surface area contributed by atoms with Gasteiger partial charge >= 0.3 is 0 Å². The Bertz CT molecular complexity index is 679. The van der Waals surface area contributed by atoms with Crippen LogP contribution < -0.4 is 10.6 Å². The summed E-state index contributed by atoms with van der Waals surface area (Å²) < 4.78 is 13.9. The van der Waals surface area contributed by atoms with E-state index in [0.29, 0.717) is 21.6 Å². The fraction of sp³-hybridized carbons (Fsp3) is 0.133. The van der Waals surface area contributed by atoms with Crippen LogP contribution in [0.15, 0.2) is 40.9 Å². The molecule has 3 nitrogen and oxygen atoms in total. The summed E-state index contributed by atoms with van der Waals surface area (Å²) in [5.41, 5.74) is 1.93. The van der Waals surface area contributed by atoms with Gasteiger partial charge in [0.15, 0.2) is 0 Å². The second kappa shape index (κ2) is 6.91. The molecule has 0 saturated carbocycles. The first-order valence-corrected chi connectivity index (χ1v) is 7.38. The lowest BCUT2D eigenvalue weighted by Gasteiger charge is -2.10. The van der Waals surface area contributed by atoms with Crippen molar-refractivity contribution in [3.8, 4) is 0 Å². The van der Waals surface area contributed by atoms with Crippen molar-refractivity contribution in [3.05, 3.63) is 62.8 Å². The van der Waals surface area contributed by atoms with E-state index in [0.717, 1.165) is 11.3 Å². The predicted molar refractivity (Wildman–Crippen MR) is 86.3 cm³/mol. The van der Waals surface area contributed by atoms with Crippen LogP contribution >= 0.6 is 27.5 Å². The third kappa shape index (κ3) is 3.95. The van der Waals surface area contributed by atoms with Gasteiger partial charge in [-0.3, -0.25) is 4.79 Å². The van der Waals surface area contributed by atoms with E-state index in [-0.39, 0.29) is 11.7 Å². The second-order valence-electron chi connectivity index (χ2n) is 4.38. The number of anilines is 1. The molecule has 0 aromatic heterocycles. The number of amides is 1. The molecule has 0 saturated heterocycles. The van der Waals surface area contributed by atoms with Gasteiger partial charge < -0.3 is 10.6 Å². The first-order chi connectivity index (χ1) is 10.0. The number of nitrogens with one attached hydrogen (secondary N) is 2. The maximum atomic E-state index is 13.4. The van der Waals surface area contributed by atoms with Crippen molar-refractivity contribution in [1.29, 1.82) is 0 Å². The fourth-order valence-electron chi connectivity index (χ4n) is 1.80. The van der Waals surface area contributed by atoms with E-state index < -0.39 is 0 Å². The van der Waals surface area contributed by atoms with Crippen LogP contribution in [0.1, 0.15) is 15.9 Å². The third-order valence-electron chi connectivity index (χ3n) is 2.92. The Hall–Kier alpha value is -1.59. The Balaban J connectivity index is 2.13. The minimum atomic E-state index is -0.309. The van der Waals surface area contributed by atoms with Crippen LogP contribution in [0.4, 0.5) is 10.1 Å². The zero-order chi connectivity index (χ0) is 15.4. The summed E-state index contributed by atoms with van der Waals surface area (Å²) in [6, 6.07) is 10.0. The minimum Gasteiger partial charge on any atom is -0.381 e. The zero-order valence-corrected chi connectivity index (χ0v) is 13.6. The van der Waals surface area contributed by atoms with Crippen molar-refractivity contribution < 1.29 is 9.18 Å². The molecule has 0 bridgehead atoms. The highest BCUT2D eigenvalue weighted by atomic mass is 79.9. The lowest BCUT2D eigenvalue weighted by Crippen LogP contribution is -2.18. The summed E-state index contributed by atoms with van der Waals surface area (Å²) in [5, 5.41) is 6.05. The number of benzene rings is 2. The van der Waals surface area contributed by atoms with Crippen molar-refractivity contribution in [3.63, 3.8) is 0 Å². The maximum Gasteiger partial charge on any atom is 0.252 e. The van der Waals surface area contributed by atoms with Crippen molar-refractivity contribution in [2.24, 2.45) is 0 Å².